The molecule has 0 unspecified atom stereocenters. The lowest BCUT2D eigenvalue weighted by molar-refractivity contribution is 0.101. The lowest BCUT2D eigenvalue weighted by Crippen LogP contribution is -2.29. The Morgan fingerprint density at radius 1 is 0.932 bits per heavy atom. The normalized spacial score (nSPS) is 10.8. The van der Waals surface area contributed by atoms with Gasteiger partial charge in [0, 0.05) is 24.4 Å². The van der Waals surface area contributed by atoms with E-state index in [0.717, 1.165) is 18.9 Å². The first kappa shape index (κ1) is 29.8. The molecule has 3 aromatic carbocycles. The summed E-state index contributed by atoms with van der Waals surface area (Å²) in [4.78, 5) is 37.5. The Morgan fingerprint density at radius 2 is 1.75 bits per heavy atom. The van der Waals surface area contributed by atoms with E-state index in [2.05, 4.69) is 36.0 Å². The van der Waals surface area contributed by atoms with Gasteiger partial charge in [-0.15, -0.1) is 5.10 Å². The van der Waals surface area contributed by atoms with Gasteiger partial charge in [-0.3, -0.25) is 4.79 Å². The SMILES string of the molecule is CCCCNC(=O)Nc1cc2c(Oc3ccc(NC(=O)c4ncn(-c5ccc(F)cc5)n4)cc3F)ncnc2cc1OCC. The van der Waals surface area contributed by atoms with Crippen LogP contribution in [-0.4, -0.2) is 49.8 Å². The molecule has 0 aliphatic rings. The molecule has 0 spiro atoms. The number of hydrogen-bond acceptors (Lipinski definition) is 8. The highest BCUT2D eigenvalue weighted by Gasteiger charge is 2.17. The van der Waals surface area contributed by atoms with Crippen molar-refractivity contribution in [1.82, 2.24) is 30.0 Å². The molecule has 2 aromatic heterocycles. The number of urea groups is 1. The van der Waals surface area contributed by atoms with E-state index < -0.39 is 23.6 Å². The maximum absolute atomic E-state index is 15.1. The summed E-state index contributed by atoms with van der Waals surface area (Å²) in [6.45, 7) is 4.71. The average molecular weight is 603 g/mol. The fourth-order valence-corrected chi connectivity index (χ4v) is 4.10. The number of aromatic nitrogens is 5. The highest BCUT2D eigenvalue weighted by molar-refractivity contribution is 6.01. The van der Waals surface area contributed by atoms with E-state index in [0.29, 0.717) is 41.2 Å². The molecule has 0 bridgehead atoms. The molecule has 3 N–H and O–H groups in total. The first-order valence-electron chi connectivity index (χ1n) is 13.8. The molecule has 3 amide bonds. The van der Waals surface area contributed by atoms with E-state index in [9.17, 15) is 14.0 Å². The third kappa shape index (κ3) is 7.03. The third-order valence-electron chi connectivity index (χ3n) is 6.25. The number of carbonyl (C=O) groups is 2. The van der Waals surface area contributed by atoms with Crippen molar-refractivity contribution in [1.29, 1.82) is 0 Å². The number of nitrogens with one attached hydrogen (secondary N) is 3. The number of anilines is 2. The number of nitrogens with zero attached hydrogens (tertiary/aromatic N) is 5. The molecule has 5 aromatic rings. The molecular formula is C30H28F2N8O4. The fraction of sp³-hybridized carbons (Fsp3) is 0.200. The van der Waals surface area contributed by atoms with Crippen molar-refractivity contribution >= 4 is 34.2 Å². The van der Waals surface area contributed by atoms with Gasteiger partial charge in [0.2, 0.25) is 11.7 Å². The van der Waals surface area contributed by atoms with Gasteiger partial charge < -0.3 is 25.4 Å². The highest BCUT2D eigenvalue weighted by atomic mass is 19.1. The van der Waals surface area contributed by atoms with Crippen LogP contribution in [0.15, 0.2) is 67.3 Å². The standard InChI is InChI=1S/C30H28F2N8O4/c1-3-5-12-33-30(42)38-24-14-21-23(15-26(24)43-4-2)34-16-35-29(21)44-25-11-8-19(13-22(25)32)37-28(41)27-36-17-40(39-27)20-9-6-18(31)7-10-20/h6-11,13-17H,3-5,12H2,1-2H3,(H,37,41)(H2,33,38,42). The van der Waals surface area contributed by atoms with Crippen LogP contribution in [0.2, 0.25) is 0 Å². The maximum Gasteiger partial charge on any atom is 0.319 e. The largest absolute Gasteiger partial charge is 0.492 e. The summed E-state index contributed by atoms with van der Waals surface area (Å²) >= 11 is 0. The van der Waals surface area contributed by atoms with Crippen LogP contribution in [-0.2, 0) is 0 Å². The fourth-order valence-electron chi connectivity index (χ4n) is 4.10. The molecule has 0 saturated heterocycles. The number of benzene rings is 3. The smallest absolute Gasteiger partial charge is 0.319 e. The van der Waals surface area contributed by atoms with Gasteiger partial charge in [0.15, 0.2) is 11.6 Å². The Bertz CT molecular complexity index is 1800. The third-order valence-corrected chi connectivity index (χ3v) is 6.25. The first-order valence-corrected chi connectivity index (χ1v) is 13.8. The number of amides is 3. The van der Waals surface area contributed by atoms with Crippen LogP contribution in [0.1, 0.15) is 37.3 Å². The summed E-state index contributed by atoms with van der Waals surface area (Å²) in [6.07, 6.45) is 4.34. The van der Waals surface area contributed by atoms with Crippen molar-refractivity contribution in [3.63, 3.8) is 0 Å². The lowest BCUT2D eigenvalue weighted by Gasteiger charge is -2.15. The molecule has 0 radical (unpaired) electrons. The minimum absolute atomic E-state index is 0.0405. The van der Waals surface area contributed by atoms with Gasteiger partial charge in [-0.2, -0.15) is 0 Å². The molecule has 12 nitrogen and oxygen atoms in total. The van der Waals surface area contributed by atoms with Crippen LogP contribution in [0.4, 0.5) is 25.0 Å². The van der Waals surface area contributed by atoms with Crippen LogP contribution in [0.3, 0.4) is 0 Å². The van der Waals surface area contributed by atoms with E-state index >= 15 is 4.39 Å². The monoisotopic (exact) mass is 602 g/mol. The van der Waals surface area contributed by atoms with Gasteiger partial charge in [-0.05, 0) is 55.8 Å². The van der Waals surface area contributed by atoms with Gasteiger partial charge in [0.25, 0.3) is 5.91 Å². The molecule has 44 heavy (non-hydrogen) atoms. The van der Waals surface area contributed by atoms with E-state index in [1.807, 2.05) is 13.8 Å². The summed E-state index contributed by atoms with van der Waals surface area (Å²) in [6, 6.07) is 12.2. The Hall–Kier alpha value is -5.66. The van der Waals surface area contributed by atoms with E-state index in [-0.39, 0.29) is 23.1 Å². The quantitative estimate of drug-likeness (QED) is 0.160. The van der Waals surface area contributed by atoms with Crippen molar-refractivity contribution in [2.45, 2.75) is 26.7 Å². The molecule has 5 rings (SSSR count). The molecule has 0 saturated carbocycles. The summed E-state index contributed by atoms with van der Waals surface area (Å²) in [5.74, 6) is -1.76. The zero-order valence-electron chi connectivity index (χ0n) is 23.8. The van der Waals surface area contributed by atoms with Crippen molar-refractivity contribution in [3.05, 3.63) is 84.7 Å². The molecule has 14 heteroatoms. The molecule has 0 aliphatic carbocycles. The number of ether oxygens (including phenoxy) is 2. The van der Waals surface area contributed by atoms with Crippen LogP contribution < -0.4 is 25.4 Å². The summed E-state index contributed by atoms with van der Waals surface area (Å²) in [7, 11) is 0. The predicted octanol–water partition coefficient (Wildman–Crippen LogP) is 5.85. The Kier molecular flexibility index (Phi) is 9.18. The lowest BCUT2D eigenvalue weighted by atomic mass is 10.2. The molecule has 2 heterocycles. The van der Waals surface area contributed by atoms with E-state index in [4.69, 9.17) is 9.47 Å². The minimum atomic E-state index is -0.779. The number of carbonyl (C=O) groups excluding carboxylic acids is 2. The second-order valence-electron chi connectivity index (χ2n) is 9.40. The van der Waals surface area contributed by atoms with Gasteiger partial charge in [0.05, 0.1) is 28.9 Å². The average Bonchev–Trinajstić information content (AvgIpc) is 3.50. The van der Waals surface area contributed by atoms with E-state index in [1.165, 1.54) is 53.7 Å². The molecular weight excluding hydrogens is 574 g/mol. The first-order chi connectivity index (χ1) is 21.3. The van der Waals surface area contributed by atoms with E-state index in [1.54, 1.807) is 12.1 Å². The summed E-state index contributed by atoms with van der Waals surface area (Å²) in [5.41, 5.74) is 1.46. The molecule has 0 aliphatic heterocycles. The Balaban J connectivity index is 1.32. The van der Waals surface area contributed by atoms with Crippen LogP contribution in [0.5, 0.6) is 17.4 Å². The number of fused-ring (bicyclic) bond motifs is 1. The number of halogens is 2. The minimum Gasteiger partial charge on any atom is -0.492 e. The van der Waals surface area contributed by atoms with Crippen LogP contribution in [0.25, 0.3) is 16.6 Å². The topological polar surface area (TPSA) is 145 Å². The number of unbranched alkanes of at least 4 members (excludes halogenated alkanes) is 1. The van der Waals surface area contributed by atoms with Crippen molar-refractivity contribution in [2.24, 2.45) is 0 Å². The van der Waals surface area contributed by atoms with Gasteiger partial charge in [-0.1, -0.05) is 13.3 Å². The van der Waals surface area contributed by atoms with Crippen molar-refractivity contribution in [3.8, 4) is 23.1 Å². The molecule has 226 valence electrons. The zero-order chi connectivity index (χ0) is 31.1. The summed E-state index contributed by atoms with van der Waals surface area (Å²) < 4.78 is 41.1. The molecule has 0 atom stereocenters. The number of rotatable bonds is 11. The predicted molar refractivity (Wildman–Crippen MR) is 158 cm³/mol. The zero-order valence-corrected chi connectivity index (χ0v) is 23.8. The van der Waals surface area contributed by atoms with Gasteiger partial charge in [0.1, 0.15) is 24.2 Å². The number of hydrogen-bond donors (Lipinski definition) is 3. The van der Waals surface area contributed by atoms with Crippen LogP contribution in [0, 0.1) is 11.6 Å². The van der Waals surface area contributed by atoms with Gasteiger partial charge in [-0.25, -0.2) is 33.2 Å². The second kappa shape index (κ2) is 13.5. The second-order valence-corrected chi connectivity index (χ2v) is 9.40. The Labute approximate surface area is 250 Å². The van der Waals surface area contributed by atoms with Crippen molar-refractivity contribution in [2.75, 3.05) is 23.8 Å². The highest BCUT2D eigenvalue weighted by Crippen LogP contribution is 2.35. The molecule has 0 fully saturated rings. The van der Waals surface area contributed by atoms with Crippen LogP contribution >= 0.6 is 0 Å². The summed E-state index contributed by atoms with van der Waals surface area (Å²) in [5, 5.41) is 12.6. The van der Waals surface area contributed by atoms with Crippen molar-refractivity contribution < 1.29 is 27.8 Å². The Morgan fingerprint density at radius 3 is 2.50 bits per heavy atom. The van der Waals surface area contributed by atoms with Gasteiger partial charge >= 0.3 is 6.03 Å². The maximum atomic E-state index is 15.1.